The van der Waals surface area contributed by atoms with Crippen molar-refractivity contribution >= 4 is 17.4 Å². The summed E-state index contributed by atoms with van der Waals surface area (Å²) in [6.07, 6.45) is 0.620. The Morgan fingerprint density at radius 1 is 1.06 bits per heavy atom. The third-order valence-electron chi connectivity index (χ3n) is 2.66. The standard InChI is InChI=1S/C15H13ClO2/c16-15-7-2-1-5-12(15)10-14(18)9-11-4-3-6-13(17)8-11/h1-8,17H,9-10H2. The Labute approximate surface area is 111 Å². The van der Waals surface area contributed by atoms with Gasteiger partial charge >= 0.3 is 0 Å². The molecule has 0 aliphatic rings. The molecule has 0 bridgehead atoms. The maximum atomic E-state index is 11.9. The molecular weight excluding hydrogens is 248 g/mol. The van der Waals surface area contributed by atoms with Gasteiger partial charge in [-0.3, -0.25) is 4.79 Å². The molecule has 2 aromatic rings. The van der Waals surface area contributed by atoms with E-state index in [0.29, 0.717) is 17.9 Å². The van der Waals surface area contributed by atoms with E-state index < -0.39 is 0 Å². The van der Waals surface area contributed by atoms with Crippen molar-refractivity contribution in [1.82, 2.24) is 0 Å². The minimum Gasteiger partial charge on any atom is -0.508 e. The van der Waals surface area contributed by atoms with Crippen molar-refractivity contribution in [3.05, 3.63) is 64.7 Å². The average Bonchev–Trinajstić information content (AvgIpc) is 2.32. The number of hydrogen-bond acceptors (Lipinski definition) is 2. The van der Waals surface area contributed by atoms with E-state index in [9.17, 15) is 9.90 Å². The van der Waals surface area contributed by atoms with E-state index in [-0.39, 0.29) is 11.5 Å². The highest BCUT2D eigenvalue weighted by Gasteiger charge is 2.08. The highest BCUT2D eigenvalue weighted by Crippen LogP contribution is 2.17. The van der Waals surface area contributed by atoms with Crippen molar-refractivity contribution in [2.24, 2.45) is 0 Å². The fourth-order valence-corrected chi connectivity index (χ4v) is 2.01. The zero-order chi connectivity index (χ0) is 13.0. The van der Waals surface area contributed by atoms with Gasteiger partial charge in [0.1, 0.15) is 11.5 Å². The van der Waals surface area contributed by atoms with Crippen molar-refractivity contribution < 1.29 is 9.90 Å². The van der Waals surface area contributed by atoms with E-state index in [1.807, 2.05) is 24.3 Å². The number of Topliss-reactive ketones (excluding diaryl/α,β-unsaturated/α-hetero) is 1. The summed E-state index contributed by atoms with van der Waals surface area (Å²) in [5.74, 6) is 0.256. The Bertz CT molecular complexity index is 564. The molecule has 0 spiro atoms. The Morgan fingerprint density at radius 2 is 1.83 bits per heavy atom. The van der Waals surface area contributed by atoms with Crippen LogP contribution in [0.2, 0.25) is 5.02 Å². The molecule has 92 valence electrons. The van der Waals surface area contributed by atoms with E-state index in [1.165, 1.54) is 0 Å². The van der Waals surface area contributed by atoms with E-state index in [1.54, 1.807) is 24.3 Å². The van der Waals surface area contributed by atoms with Crippen LogP contribution in [0.25, 0.3) is 0 Å². The van der Waals surface area contributed by atoms with Crippen molar-refractivity contribution in [3.8, 4) is 5.75 Å². The summed E-state index contributed by atoms with van der Waals surface area (Å²) in [6, 6.07) is 14.1. The monoisotopic (exact) mass is 260 g/mol. The van der Waals surface area contributed by atoms with Crippen LogP contribution in [0.15, 0.2) is 48.5 Å². The molecule has 0 heterocycles. The van der Waals surface area contributed by atoms with Crippen molar-refractivity contribution in [1.29, 1.82) is 0 Å². The number of hydrogen-bond donors (Lipinski definition) is 1. The summed E-state index contributed by atoms with van der Waals surface area (Å²) in [5, 5.41) is 9.94. The van der Waals surface area contributed by atoms with E-state index in [2.05, 4.69) is 0 Å². The van der Waals surface area contributed by atoms with Gasteiger partial charge in [0, 0.05) is 17.9 Å². The number of rotatable bonds is 4. The lowest BCUT2D eigenvalue weighted by molar-refractivity contribution is -0.117. The molecule has 0 radical (unpaired) electrons. The zero-order valence-electron chi connectivity index (χ0n) is 9.77. The van der Waals surface area contributed by atoms with Gasteiger partial charge in [-0.1, -0.05) is 41.9 Å². The molecular formula is C15H13ClO2. The number of aromatic hydroxyl groups is 1. The predicted octanol–water partition coefficient (Wildman–Crippen LogP) is 3.40. The van der Waals surface area contributed by atoms with Gasteiger partial charge in [0.15, 0.2) is 0 Å². The molecule has 18 heavy (non-hydrogen) atoms. The Kier molecular flexibility index (Phi) is 4.00. The second kappa shape index (κ2) is 5.69. The third kappa shape index (κ3) is 3.34. The van der Waals surface area contributed by atoms with Crippen LogP contribution in [0.5, 0.6) is 5.75 Å². The summed E-state index contributed by atoms with van der Waals surface area (Å²) in [6.45, 7) is 0. The predicted molar refractivity (Wildman–Crippen MR) is 72.0 cm³/mol. The second-order valence-corrected chi connectivity index (χ2v) is 4.56. The van der Waals surface area contributed by atoms with Gasteiger partial charge < -0.3 is 5.11 Å². The van der Waals surface area contributed by atoms with Crippen LogP contribution in [-0.4, -0.2) is 10.9 Å². The average molecular weight is 261 g/mol. The first-order valence-electron chi connectivity index (χ1n) is 5.68. The molecule has 0 aromatic heterocycles. The number of phenolic OH excluding ortho intramolecular Hbond substituents is 1. The summed E-state index contributed by atoms with van der Waals surface area (Å²) >= 11 is 6.00. The Balaban J connectivity index is 2.03. The molecule has 2 rings (SSSR count). The number of benzene rings is 2. The molecule has 0 aliphatic carbocycles. The van der Waals surface area contributed by atoms with Gasteiger partial charge in [0.05, 0.1) is 0 Å². The Morgan fingerprint density at radius 3 is 2.56 bits per heavy atom. The van der Waals surface area contributed by atoms with Gasteiger partial charge in [-0.25, -0.2) is 0 Å². The molecule has 0 amide bonds. The van der Waals surface area contributed by atoms with E-state index in [4.69, 9.17) is 11.6 Å². The van der Waals surface area contributed by atoms with Crippen molar-refractivity contribution in [3.63, 3.8) is 0 Å². The molecule has 1 N–H and O–H groups in total. The van der Waals surface area contributed by atoms with Crippen LogP contribution in [0.4, 0.5) is 0 Å². The van der Waals surface area contributed by atoms with Gasteiger partial charge in [-0.2, -0.15) is 0 Å². The Hall–Kier alpha value is -1.80. The van der Waals surface area contributed by atoms with Crippen molar-refractivity contribution in [2.45, 2.75) is 12.8 Å². The lowest BCUT2D eigenvalue weighted by Gasteiger charge is -2.04. The number of carbonyl (C=O) groups excluding carboxylic acids is 1. The smallest absolute Gasteiger partial charge is 0.141 e. The fourth-order valence-electron chi connectivity index (χ4n) is 1.81. The summed E-state index contributed by atoms with van der Waals surface area (Å²) in [5.41, 5.74) is 1.65. The third-order valence-corrected chi connectivity index (χ3v) is 3.03. The second-order valence-electron chi connectivity index (χ2n) is 4.15. The van der Waals surface area contributed by atoms with Crippen LogP contribution in [-0.2, 0) is 17.6 Å². The number of halogens is 1. The maximum Gasteiger partial charge on any atom is 0.141 e. The molecule has 0 unspecified atom stereocenters. The quantitative estimate of drug-likeness (QED) is 0.915. The highest BCUT2D eigenvalue weighted by molar-refractivity contribution is 6.31. The van der Waals surface area contributed by atoms with Gasteiger partial charge in [-0.05, 0) is 29.3 Å². The first-order chi connectivity index (χ1) is 8.65. The molecule has 0 saturated heterocycles. The van der Waals surface area contributed by atoms with Crippen LogP contribution >= 0.6 is 11.6 Å². The van der Waals surface area contributed by atoms with Gasteiger partial charge in [0.2, 0.25) is 0 Å². The van der Waals surface area contributed by atoms with Gasteiger partial charge in [-0.15, -0.1) is 0 Å². The summed E-state index contributed by atoms with van der Waals surface area (Å²) < 4.78 is 0. The van der Waals surface area contributed by atoms with E-state index >= 15 is 0 Å². The zero-order valence-corrected chi connectivity index (χ0v) is 10.5. The molecule has 2 aromatic carbocycles. The minimum absolute atomic E-state index is 0.0775. The van der Waals surface area contributed by atoms with Crippen LogP contribution in [0.3, 0.4) is 0 Å². The summed E-state index contributed by atoms with van der Waals surface area (Å²) in [4.78, 5) is 11.9. The van der Waals surface area contributed by atoms with Crippen molar-refractivity contribution in [2.75, 3.05) is 0 Å². The van der Waals surface area contributed by atoms with E-state index in [0.717, 1.165) is 11.1 Å². The molecule has 0 fully saturated rings. The maximum absolute atomic E-state index is 11.9. The lowest BCUT2D eigenvalue weighted by atomic mass is 10.0. The summed E-state index contributed by atoms with van der Waals surface area (Å²) in [7, 11) is 0. The number of phenols is 1. The highest BCUT2D eigenvalue weighted by atomic mass is 35.5. The molecule has 0 aliphatic heterocycles. The largest absolute Gasteiger partial charge is 0.508 e. The number of carbonyl (C=O) groups is 1. The first kappa shape index (κ1) is 12.7. The molecule has 0 saturated carbocycles. The number of ketones is 1. The normalized spacial score (nSPS) is 10.3. The molecule has 0 atom stereocenters. The minimum atomic E-state index is 0.0775. The van der Waals surface area contributed by atoms with Gasteiger partial charge in [0.25, 0.3) is 0 Å². The lowest BCUT2D eigenvalue weighted by Crippen LogP contribution is -2.06. The topological polar surface area (TPSA) is 37.3 Å². The molecule has 2 nitrogen and oxygen atoms in total. The van der Waals surface area contributed by atoms with Crippen LogP contribution in [0.1, 0.15) is 11.1 Å². The van der Waals surface area contributed by atoms with Crippen LogP contribution < -0.4 is 0 Å². The fraction of sp³-hybridized carbons (Fsp3) is 0.133. The SMILES string of the molecule is O=C(Cc1cccc(O)c1)Cc1ccccc1Cl. The van der Waals surface area contributed by atoms with Crippen LogP contribution in [0, 0.1) is 0 Å². The first-order valence-corrected chi connectivity index (χ1v) is 6.06. The molecule has 3 heteroatoms.